The smallest absolute Gasteiger partial charge is 0.251 e. The Labute approximate surface area is 158 Å². The number of H-pyrrole nitrogens is 1. The van der Waals surface area contributed by atoms with Gasteiger partial charge in [0.2, 0.25) is 5.91 Å². The first kappa shape index (κ1) is 18.6. The van der Waals surface area contributed by atoms with Crippen LogP contribution in [0, 0.1) is 5.41 Å². The molecule has 1 heterocycles. The summed E-state index contributed by atoms with van der Waals surface area (Å²) in [4.78, 5) is 32.5. The quantitative estimate of drug-likeness (QED) is 0.653. The fraction of sp³-hybridized carbons (Fsp3) is 0.286. The van der Waals surface area contributed by atoms with Crippen LogP contribution in [0.15, 0.2) is 48.5 Å². The van der Waals surface area contributed by atoms with Crippen LogP contribution in [0.25, 0.3) is 11.0 Å². The Morgan fingerprint density at radius 3 is 2.52 bits per heavy atom. The Morgan fingerprint density at radius 1 is 1.07 bits per heavy atom. The van der Waals surface area contributed by atoms with Crippen molar-refractivity contribution in [2.75, 3.05) is 5.32 Å². The summed E-state index contributed by atoms with van der Waals surface area (Å²) in [6, 6.07) is 14.4. The Kier molecular flexibility index (Phi) is 4.99. The molecule has 3 rings (SSSR count). The van der Waals surface area contributed by atoms with Gasteiger partial charge in [-0.15, -0.1) is 0 Å². The van der Waals surface area contributed by atoms with E-state index in [4.69, 9.17) is 0 Å². The molecule has 0 saturated heterocycles. The number of benzene rings is 2. The second kappa shape index (κ2) is 7.23. The second-order valence-corrected chi connectivity index (χ2v) is 7.62. The molecule has 140 valence electrons. The van der Waals surface area contributed by atoms with Crippen LogP contribution in [0.2, 0.25) is 0 Å². The molecule has 3 aromatic rings. The molecule has 0 fully saturated rings. The minimum absolute atomic E-state index is 0.101. The van der Waals surface area contributed by atoms with E-state index in [1.54, 1.807) is 24.3 Å². The van der Waals surface area contributed by atoms with Crippen LogP contribution in [0.4, 0.5) is 5.69 Å². The molecule has 2 amide bonds. The second-order valence-electron chi connectivity index (χ2n) is 7.62. The first-order valence-electron chi connectivity index (χ1n) is 8.91. The lowest BCUT2D eigenvalue weighted by Gasteiger charge is -2.18. The number of fused-ring (bicyclic) bond motifs is 1. The summed E-state index contributed by atoms with van der Waals surface area (Å²) < 4.78 is 0. The molecule has 6 heteroatoms. The van der Waals surface area contributed by atoms with E-state index in [1.165, 1.54) is 0 Å². The van der Waals surface area contributed by atoms with Crippen LogP contribution in [-0.4, -0.2) is 21.8 Å². The zero-order valence-corrected chi connectivity index (χ0v) is 16.0. The summed E-state index contributed by atoms with van der Waals surface area (Å²) in [7, 11) is 0. The third-order valence-corrected chi connectivity index (χ3v) is 4.23. The highest BCUT2D eigenvalue weighted by molar-refractivity contribution is 5.98. The summed E-state index contributed by atoms with van der Waals surface area (Å²) in [5, 5.41) is 5.78. The average Bonchev–Trinajstić information content (AvgIpc) is 3.05. The fourth-order valence-electron chi connectivity index (χ4n) is 2.58. The lowest BCUT2D eigenvalue weighted by atomic mass is 9.95. The van der Waals surface area contributed by atoms with E-state index in [1.807, 2.05) is 52.0 Å². The number of amides is 2. The molecule has 3 N–H and O–H groups in total. The van der Waals surface area contributed by atoms with Gasteiger partial charge in [-0.05, 0) is 37.3 Å². The Balaban J connectivity index is 1.72. The van der Waals surface area contributed by atoms with Gasteiger partial charge in [0.05, 0.1) is 17.1 Å². The molecule has 0 spiro atoms. The number of rotatable bonds is 4. The number of aromatic nitrogens is 2. The van der Waals surface area contributed by atoms with Crippen LogP contribution in [-0.2, 0) is 4.79 Å². The minimum Gasteiger partial charge on any atom is -0.342 e. The van der Waals surface area contributed by atoms with Crippen molar-refractivity contribution >= 4 is 28.5 Å². The number of hydrogen-bond donors (Lipinski definition) is 3. The molecular weight excluding hydrogens is 340 g/mol. The summed E-state index contributed by atoms with van der Waals surface area (Å²) in [6.45, 7) is 7.40. The van der Waals surface area contributed by atoms with Gasteiger partial charge in [0, 0.05) is 16.7 Å². The number of anilines is 1. The van der Waals surface area contributed by atoms with Crippen LogP contribution in [0.5, 0.6) is 0 Å². The molecule has 1 aromatic heterocycles. The van der Waals surface area contributed by atoms with Gasteiger partial charge in [-0.1, -0.05) is 39.0 Å². The van der Waals surface area contributed by atoms with Crippen molar-refractivity contribution in [3.8, 4) is 0 Å². The van der Waals surface area contributed by atoms with Gasteiger partial charge in [0.15, 0.2) is 0 Å². The number of aromatic amines is 1. The molecule has 6 nitrogen and oxygen atoms in total. The van der Waals surface area contributed by atoms with Gasteiger partial charge in [-0.2, -0.15) is 0 Å². The minimum atomic E-state index is -0.506. The maximum Gasteiger partial charge on any atom is 0.251 e. The summed E-state index contributed by atoms with van der Waals surface area (Å²) >= 11 is 0. The molecule has 2 aromatic carbocycles. The van der Waals surface area contributed by atoms with Gasteiger partial charge < -0.3 is 15.6 Å². The van der Waals surface area contributed by atoms with Gasteiger partial charge in [0.25, 0.3) is 5.91 Å². The highest BCUT2D eigenvalue weighted by atomic mass is 16.2. The molecule has 0 bridgehead atoms. The largest absolute Gasteiger partial charge is 0.342 e. The van der Waals surface area contributed by atoms with Crippen molar-refractivity contribution in [3.05, 3.63) is 59.9 Å². The van der Waals surface area contributed by atoms with Crippen LogP contribution in [0.3, 0.4) is 0 Å². The molecule has 0 saturated carbocycles. The average molecular weight is 364 g/mol. The zero-order valence-electron chi connectivity index (χ0n) is 16.0. The van der Waals surface area contributed by atoms with Crippen LogP contribution in [0.1, 0.15) is 49.9 Å². The standard InChI is InChI=1S/C21H24N4O2/c1-13(18-24-16-10-5-6-11-17(16)25-18)22-19(26)14-8-7-9-15(12-14)23-20(27)21(2,3)4/h5-13H,1-4H3,(H,22,26)(H,23,27)(H,24,25)/t13-/m0/s1. The molecule has 0 radical (unpaired) electrons. The number of nitrogens with one attached hydrogen (secondary N) is 3. The van der Waals surface area contributed by atoms with Gasteiger partial charge in [-0.3, -0.25) is 9.59 Å². The van der Waals surface area contributed by atoms with E-state index in [0.29, 0.717) is 17.1 Å². The number of carbonyl (C=O) groups excluding carboxylic acids is 2. The van der Waals surface area contributed by atoms with Crippen molar-refractivity contribution in [2.24, 2.45) is 5.41 Å². The maximum absolute atomic E-state index is 12.6. The number of para-hydroxylation sites is 2. The van der Waals surface area contributed by atoms with E-state index in [2.05, 4.69) is 20.6 Å². The Morgan fingerprint density at radius 2 is 1.81 bits per heavy atom. The summed E-state index contributed by atoms with van der Waals surface area (Å²) in [6.07, 6.45) is 0. The molecule has 0 unspecified atom stereocenters. The van der Waals surface area contributed by atoms with Gasteiger partial charge in [-0.25, -0.2) is 4.98 Å². The summed E-state index contributed by atoms with van der Waals surface area (Å²) in [5.41, 5.74) is 2.36. The third kappa shape index (κ3) is 4.34. The van der Waals surface area contributed by atoms with Gasteiger partial charge in [0.1, 0.15) is 5.82 Å². The van der Waals surface area contributed by atoms with Gasteiger partial charge >= 0.3 is 0 Å². The molecule has 1 atom stereocenters. The first-order chi connectivity index (χ1) is 12.7. The van der Waals surface area contributed by atoms with E-state index < -0.39 is 5.41 Å². The van der Waals surface area contributed by atoms with E-state index in [-0.39, 0.29) is 17.9 Å². The van der Waals surface area contributed by atoms with Crippen LogP contribution >= 0.6 is 0 Å². The van der Waals surface area contributed by atoms with Crippen molar-refractivity contribution in [3.63, 3.8) is 0 Å². The van der Waals surface area contributed by atoms with Crippen molar-refractivity contribution < 1.29 is 9.59 Å². The maximum atomic E-state index is 12.6. The zero-order chi connectivity index (χ0) is 19.6. The molecule has 0 aliphatic heterocycles. The highest BCUT2D eigenvalue weighted by Crippen LogP contribution is 2.19. The van der Waals surface area contributed by atoms with Crippen molar-refractivity contribution in [1.82, 2.24) is 15.3 Å². The van der Waals surface area contributed by atoms with E-state index in [0.717, 1.165) is 11.0 Å². The summed E-state index contributed by atoms with van der Waals surface area (Å²) in [5.74, 6) is 0.368. The fourth-order valence-corrected chi connectivity index (χ4v) is 2.58. The number of nitrogens with zero attached hydrogens (tertiary/aromatic N) is 1. The van der Waals surface area contributed by atoms with Crippen molar-refractivity contribution in [1.29, 1.82) is 0 Å². The predicted octanol–water partition coefficient (Wildman–Crippen LogP) is 4.04. The predicted molar refractivity (Wildman–Crippen MR) is 107 cm³/mol. The lowest BCUT2D eigenvalue weighted by molar-refractivity contribution is -0.123. The molecule has 0 aliphatic carbocycles. The Hall–Kier alpha value is -3.15. The number of imidazole rings is 1. The molecule has 0 aliphatic rings. The van der Waals surface area contributed by atoms with E-state index in [9.17, 15) is 9.59 Å². The normalized spacial score (nSPS) is 12.6. The highest BCUT2D eigenvalue weighted by Gasteiger charge is 2.21. The van der Waals surface area contributed by atoms with Crippen LogP contribution < -0.4 is 10.6 Å². The molecular formula is C21H24N4O2. The number of carbonyl (C=O) groups is 2. The monoisotopic (exact) mass is 364 g/mol. The lowest BCUT2D eigenvalue weighted by Crippen LogP contribution is -2.29. The third-order valence-electron chi connectivity index (χ3n) is 4.23. The molecule has 27 heavy (non-hydrogen) atoms. The van der Waals surface area contributed by atoms with E-state index >= 15 is 0 Å². The Bertz CT molecular complexity index is 952. The first-order valence-corrected chi connectivity index (χ1v) is 8.91. The SMILES string of the molecule is C[C@H](NC(=O)c1cccc(NC(=O)C(C)(C)C)c1)c1nc2ccccc2[nH]1. The topological polar surface area (TPSA) is 86.9 Å². The van der Waals surface area contributed by atoms with Crippen molar-refractivity contribution in [2.45, 2.75) is 33.7 Å². The number of hydrogen-bond acceptors (Lipinski definition) is 3.